The topological polar surface area (TPSA) is 84.9 Å². The number of nitrogens with zero attached hydrogens (tertiary/aromatic N) is 1. The SMILES string of the molecule is CS(=O)(=O)N(CC(=O)NCc1ccc2c(c1)OCO2)c1cccc(F)c1. The predicted octanol–water partition coefficient (Wildman–Crippen LogP) is 1.64. The second kappa shape index (κ2) is 7.20. The second-order valence-electron chi connectivity index (χ2n) is 5.71. The van der Waals surface area contributed by atoms with Crippen LogP contribution in [-0.2, 0) is 21.4 Å². The van der Waals surface area contributed by atoms with Crippen molar-refractivity contribution in [3.8, 4) is 11.5 Å². The molecule has 0 aromatic heterocycles. The van der Waals surface area contributed by atoms with Crippen molar-refractivity contribution in [3.63, 3.8) is 0 Å². The Morgan fingerprint density at radius 3 is 2.69 bits per heavy atom. The number of anilines is 1. The fourth-order valence-corrected chi connectivity index (χ4v) is 3.32. The van der Waals surface area contributed by atoms with Gasteiger partial charge in [0.15, 0.2) is 11.5 Å². The van der Waals surface area contributed by atoms with E-state index in [1.54, 1.807) is 18.2 Å². The quantitative estimate of drug-likeness (QED) is 0.824. The number of amides is 1. The molecule has 0 unspecified atom stereocenters. The van der Waals surface area contributed by atoms with Gasteiger partial charge < -0.3 is 14.8 Å². The van der Waals surface area contributed by atoms with Gasteiger partial charge in [-0.3, -0.25) is 9.10 Å². The van der Waals surface area contributed by atoms with Crippen molar-refractivity contribution in [2.75, 3.05) is 23.9 Å². The summed E-state index contributed by atoms with van der Waals surface area (Å²) in [5.74, 6) is 0.123. The average Bonchev–Trinajstić information content (AvgIpc) is 3.04. The lowest BCUT2D eigenvalue weighted by molar-refractivity contribution is -0.119. The van der Waals surface area contributed by atoms with Gasteiger partial charge in [-0.05, 0) is 35.9 Å². The minimum absolute atomic E-state index is 0.0886. The zero-order chi connectivity index (χ0) is 18.7. The van der Waals surface area contributed by atoms with Gasteiger partial charge in [0.25, 0.3) is 0 Å². The van der Waals surface area contributed by atoms with Crippen LogP contribution in [0.25, 0.3) is 0 Å². The lowest BCUT2D eigenvalue weighted by Gasteiger charge is -2.21. The number of halogens is 1. The van der Waals surface area contributed by atoms with Gasteiger partial charge in [0.2, 0.25) is 22.7 Å². The molecule has 3 rings (SSSR count). The van der Waals surface area contributed by atoms with E-state index in [2.05, 4.69) is 5.32 Å². The molecule has 7 nitrogen and oxygen atoms in total. The Morgan fingerprint density at radius 2 is 1.96 bits per heavy atom. The number of carbonyl (C=O) groups excluding carboxylic acids is 1. The number of nitrogens with one attached hydrogen (secondary N) is 1. The molecule has 0 radical (unpaired) electrons. The van der Waals surface area contributed by atoms with Gasteiger partial charge in [0.1, 0.15) is 12.4 Å². The first-order valence-corrected chi connectivity index (χ1v) is 9.56. The number of fused-ring (bicyclic) bond motifs is 1. The first-order chi connectivity index (χ1) is 12.3. The van der Waals surface area contributed by atoms with Crippen LogP contribution in [0.2, 0.25) is 0 Å². The van der Waals surface area contributed by atoms with Gasteiger partial charge in [-0.15, -0.1) is 0 Å². The summed E-state index contributed by atoms with van der Waals surface area (Å²) in [7, 11) is -3.75. The third kappa shape index (κ3) is 4.23. The highest BCUT2D eigenvalue weighted by Gasteiger charge is 2.21. The van der Waals surface area contributed by atoms with Crippen molar-refractivity contribution in [3.05, 3.63) is 53.8 Å². The lowest BCUT2D eigenvalue weighted by Crippen LogP contribution is -2.40. The number of benzene rings is 2. The van der Waals surface area contributed by atoms with E-state index >= 15 is 0 Å². The molecule has 0 atom stereocenters. The van der Waals surface area contributed by atoms with Gasteiger partial charge in [0.05, 0.1) is 11.9 Å². The third-order valence-corrected chi connectivity index (χ3v) is 4.85. The van der Waals surface area contributed by atoms with Gasteiger partial charge in [0, 0.05) is 6.54 Å². The lowest BCUT2D eigenvalue weighted by atomic mass is 10.2. The Bertz CT molecular complexity index is 933. The third-order valence-electron chi connectivity index (χ3n) is 3.71. The van der Waals surface area contributed by atoms with Crippen molar-refractivity contribution < 1.29 is 27.1 Å². The van der Waals surface area contributed by atoms with Crippen LogP contribution in [-0.4, -0.2) is 33.9 Å². The van der Waals surface area contributed by atoms with Crippen molar-refractivity contribution >= 4 is 21.6 Å². The first kappa shape index (κ1) is 18.0. The number of carbonyl (C=O) groups is 1. The minimum Gasteiger partial charge on any atom is -0.454 e. The number of rotatable bonds is 6. The van der Waals surface area contributed by atoms with E-state index in [0.717, 1.165) is 22.2 Å². The molecule has 2 aromatic rings. The van der Waals surface area contributed by atoms with Crippen LogP contribution < -0.4 is 19.1 Å². The van der Waals surface area contributed by atoms with Crippen molar-refractivity contribution in [2.45, 2.75) is 6.54 Å². The van der Waals surface area contributed by atoms with E-state index in [1.807, 2.05) is 0 Å². The molecule has 0 bridgehead atoms. The Morgan fingerprint density at radius 1 is 1.19 bits per heavy atom. The van der Waals surface area contributed by atoms with Crippen LogP contribution in [0, 0.1) is 5.82 Å². The summed E-state index contributed by atoms with van der Waals surface area (Å²) in [6, 6.07) is 10.3. The first-order valence-electron chi connectivity index (χ1n) is 7.71. The number of sulfonamides is 1. The summed E-state index contributed by atoms with van der Waals surface area (Å²) in [5, 5.41) is 2.64. The maximum Gasteiger partial charge on any atom is 0.241 e. The average molecular weight is 380 g/mol. The summed E-state index contributed by atoms with van der Waals surface area (Å²) >= 11 is 0. The number of hydrogen-bond acceptors (Lipinski definition) is 5. The molecular formula is C17H17FN2O5S. The fourth-order valence-electron chi connectivity index (χ4n) is 2.47. The molecule has 0 fully saturated rings. The summed E-state index contributed by atoms with van der Waals surface area (Å²) in [5.41, 5.74) is 0.866. The molecule has 0 saturated heterocycles. The van der Waals surface area contributed by atoms with Crippen LogP contribution in [0.15, 0.2) is 42.5 Å². The van der Waals surface area contributed by atoms with E-state index in [0.29, 0.717) is 11.5 Å². The van der Waals surface area contributed by atoms with E-state index < -0.39 is 28.3 Å². The predicted molar refractivity (Wildman–Crippen MR) is 93.0 cm³/mol. The molecule has 0 saturated carbocycles. The van der Waals surface area contributed by atoms with Gasteiger partial charge >= 0.3 is 0 Å². The van der Waals surface area contributed by atoms with Crippen LogP contribution in [0.3, 0.4) is 0 Å². The smallest absolute Gasteiger partial charge is 0.241 e. The Labute approximate surface area is 150 Å². The maximum absolute atomic E-state index is 13.4. The molecule has 0 spiro atoms. The van der Waals surface area contributed by atoms with Crippen molar-refractivity contribution in [1.82, 2.24) is 5.32 Å². The molecule has 9 heteroatoms. The summed E-state index contributed by atoms with van der Waals surface area (Å²) in [6.07, 6.45) is 0.961. The molecule has 2 aromatic carbocycles. The standard InChI is InChI=1S/C17H17FN2O5S/c1-26(22,23)20(14-4-2-3-13(18)8-14)10-17(21)19-9-12-5-6-15-16(7-12)25-11-24-15/h2-8H,9-11H2,1H3,(H,19,21). The zero-order valence-electron chi connectivity index (χ0n) is 13.9. The largest absolute Gasteiger partial charge is 0.454 e. The van der Waals surface area contributed by atoms with E-state index in [-0.39, 0.29) is 19.0 Å². The molecule has 0 aliphatic carbocycles. The highest BCUT2D eigenvalue weighted by Crippen LogP contribution is 2.32. The molecule has 26 heavy (non-hydrogen) atoms. The second-order valence-corrected chi connectivity index (χ2v) is 7.62. The van der Waals surface area contributed by atoms with Crippen molar-refractivity contribution in [2.24, 2.45) is 0 Å². The van der Waals surface area contributed by atoms with Crippen LogP contribution >= 0.6 is 0 Å². The Balaban J connectivity index is 1.67. The van der Waals surface area contributed by atoms with Gasteiger partial charge in [-0.25, -0.2) is 12.8 Å². The van der Waals surface area contributed by atoms with Crippen LogP contribution in [0.1, 0.15) is 5.56 Å². The van der Waals surface area contributed by atoms with E-state index in [1.165, 1.54) is 18.2 Å². The molecule has 138 valence electrons. The molecule has 1 aliphatic heterocycles. The summed E-state index contributed by atoms with van der Waals surface area (Å²) < 4.78 is 48.7. The number of ether oxygens (including phenoxy) is 2. The van der Waals surface area contributed by atoms with Crippen LogP contribution in [0.4, 0.5) is 10.1 Å². The Hall–Kier alpha value is -2.81. The highest BCUT2D eigenvalue weighted by atomic mass is 32.2. The molecule has 1 heterocycles. The zero-order valence-corrected chi connectivity index (χ0v) is 14.8. The minimum atomic E-state index is -3.75. The molecular weight excluding hydrogens is 363 g/mol. The molecule has 1 amide bonds. The summed E-state index contributed by atoms with van der Waals surface area (Å²) in [4.78, 5) is 12.2. The summed E-state index contributed by atoms with van der Waals surface area (Å²) in [6.45, 7) is -0.106. The molecule has 1 N–H and O–H groups in total. The van der Waals surface area contributed by atoms with Crippen molar-refractivity contribution in [1.29, 1.82) is 0 Å². The van der Waals surface area contributed by atoms with Gasteiger partial charge in [-0.2, -0.15) is 0 Å². The van der Waals surface area contributed by atoms with Crippen LogP contribution in [0.5, 0.6) is 11.5 Å². The highest BCUT2D eigenvalue weighted by molar-refractivity contribution is 7.92. The molecule has 1 aliphatic rings. The van der Waals surface area contributed by atoms with E-state index in [4.69, 9.17) is 9.47 Å². The van der Waals surface area contributed by atoms with E-state index in [9.17, 15) is 17.6 Å². The van der Waals surface area contributed by atoms with Gasteiger partial charge in [-0.1, -0.05) is 12.1 Å². The Kier molecular flexibility index (Phi) is 4.99. The normalized spacial score (nSPS) is 12.7. The number of hydrogen-bond donors (Lipinski definition) is 1. The monoisotopic (exact) mass is 380 g/mol. The fraction of sp³-hybridized carbons (Fsp3) is 0.235. The maximum atomic E-state index is 13.4.